The first-order valence-electron chi connectivity index (χ1n) is 23.4. The van der Waals surface area contributed by atoms with Crippen LogP contribution in [0.1, 0.15) is 175 Å². The second kappa shape index (κ2) is 25.5. The molecule has 0 saturated heterocycles. The number of phenols is 1. The molecule has 0 aliphatic rings. The summed E-state index contributed by atoms with van der Waals surface area (Å²) in [4.78, 5) is 5.09. The zero-order valence-electron chi connectivity index (χ0n) is 43.7. The first kappa shape index (κ1) is 58.6. The van der Waals surface area contributed by atoms with Gasteiger partial charge in [0.05, 0.1) is 11.7 Å². The molecule has 0 spiro atoms. The number of rotatable bonds is 13. The molecule has 0 saturated carbocycles. The van der Waals surface area contributed by atoms with Crippen LogP contribution in [0.5, 0.6) is 11.5 Å². The van der Waals surface area contributed by atoms with E-state index in [0.717, 1.165) is 88.6 Å². The maximum Gasteiger partial charge on any atom is 3.00 e. The Morgan fingerprint density at radius 1 is 0.656 bits per heavy atom. The molecular formula is C56H86N5NbO2. The van der Waals surface area contributed by atoms with E-state index in [4.69, 9.17) is 4.99 Å². The number of anilines is 1. The molecule has 4 aromatic rings. The van der Waals surface area contributed by atoms with Crippen molar-refractivity contribution < 1.29 is 32.6 Å². The van der Waals surface area contributed by atoms with Gasteiger partial charge in [-0.05, 0) is 106 Å². The predicted molar refractivity (Wildman–Crippen MR) is 276 cm³/mol. The standard InChI is InChI=1S/C48H67N3O2.2C4H10N.Nb/c1-17-49-31(4)42(35-25-34(46(8,9)10)27-37(44(35)53)48(14,15)16)51-39-23-19-21-30(3)41(39)40-29(2)20-18-22-38(40)50-28-32-24-33(45(5,6)7)26-36(43(32)52)47(11,12)13;2*1-3-5-4-2;/h18-28,31,42,49,51-53H,17H2,1-16H3;2*3-4H2,1-2H3;/q;2*-1;+3/p-1. The van der Waals surface area contributed by atoms with Gasteiger partial charge in [0.15, 0.2) is 0 Å². The van der Waals surface area contributed by atoms with E-state index >= 15 is 0 Å². The molecule has 2 atom stereocenters. The predicted octanol–water partition coefficient (Wildman–Crippen LogP) is 14.6. The Balaban J connectivity index is 0.00000167. The van der Waals surface area contributed by atoms with Crippen LogP contribution in [0.25, 0.3) is 21.8 Å². The summed E-state index contributed by atoms with van der Waals surface area (Å²) in [6, 6.07) is 20.7. The van der Waals surface area contributed by atoms with E-state index < -0.39 is 0 Å². The van der Waals surface area contributed by atoms with Gasteiger partial charge in [-0.25, -0.2) is 0 Å². The van der Waals surface area contributed by atoms with Crippen LogP contribution < -0.4 is 15.7 Å². The van der Waals surface area contributed by atoms with Crippen molar-refractivity contribution in [1.82, 2.24) is 5.32 Å². The van der Waals surface area contributed by atoms with Crippen molar-refractivity contribution >= 4 is 17.6 Å². The van der Waals surface area contributed by atoms with Gasteiger partial charge in [0, 0.05) is 34.6 Å². The first-order chi connectivity index (χ1) is 29.2. The molecule has 4 rings (SSSR count). The first-order valence-corrected chi connectivity index (χ1v) is 23.4. The molecule has 0 amide bonds. The maximum atomic E-state index is 13.9. The molecule has 0 fully saturated rings. The normalized spacial score (nSPS) is 13.0. The molecule has 0 aromatic heterocycles. The molecule has 64 heavy (non-hydrogen) atoms. The summed E-state index contributed by atoms with van der Waals surface area (Å²) < 4.78 is 0. The Morgan fingerprint density at radius 2 is 1.12 bits per heavy atom. The number of hydrogen-bond acceptors (Lipinski definition) is 5. The summed E-state index contributed by atoms with van der Waals surface area (Å²) in [7, 11) is 0. The van der Waals surface area contributed by atoms with Crippen LogP contribution in [0.3, 0.4) is 0 Å². The summed E-state index contributed by atoms with van der Waals surface area (Å²) in [5.74, 6) is 0.359. The molecule has 352 valence electrons. The molecule has 0 aliphatic heterocycles. The van der Waals surface area contributed by atoms with Gasteiger partial charge < -0.3 is 31.5 Å². The Morgan fingerprint density at radius 3 is 1.58 bits per heavy atom. The fourth-order valence-electron chi connectivity index (χ4n) is 7.51. The van der Waals surface area contributed by atoms with E-state index in [1.165, 1.54) is 5.56 Å². The van der Waals surface area contributed by atoms with E-state index in [1.807, 2.05) is 45.9 Å². The van der Waals surface area contributed by atoms with Crippen molar-refractivity contribution in [1.29, 1.82) is 0 Å². The Bertz CT molecular complexity index is 2070. The van der Waals surface area contributed by atoms with Crippen LogP contribution in [0.15, 0.2) is 65.7 Å². The quantitative estimate of drug-likeness (QED) is 0.0916. The smallest absolute Gasteiger partial charge is 0.872 e. The van der Waals surface area contributed by atoms with Crippen LogP contribution >= 0.6 is 0 Å². The van der Waals surface area contributed by atoms with Crippen LogP contribution in [-0.4, -0.2) is 50.1 Å². The van der Waals surface area contributed by atoms with Gasteiger partial charge in [-0.3, -0.25) is 4.99 Å². The molecule has 0 heterocycles. The van der Waals surface area contributed by atoms with Gasteiger partial charge in [0.2, 0.25) is 0 Å². The van der Waals surface area contributed by atoms with Crippen molar-refractivity contribution in [2.75, 3.05) is 38.0 Å². The average molecular weight is 954 g/mol. The third-order valence-electron chi connectivity index (χ3n) is 11.3. The van der Waals surface area contributed by atoms with Gasteiger partial charge in [-0.1, -0.05) is 166 Å². The monoisotopic (exact) mass is 954 g/mol. The molecule has 3 N–H and O–H groups in total. The summed E-state index contributed by atoms with van der Waals surface area (Å²) in [5.41, 5.74) is 10.7. The Kier molecular flexibility index (Phi) is 23.3. The zero-order chi connectivity index (χ0) is 48.1. The SMILES string of the molecule is CCNC(C)C(Nc1cccc(C)c1-c1c(C)cccc1N=Cc1cc(C(C)(C)C)cc(C(C)(C)C)c1[O-])c1cc(C(C)(C)C)cc(C(C)(C)C)c1O.CC[N-]CC.CC[N-]CC.[Nb+3]. The summed E-state index contributed by atoms with van der Waals surface area (Å²) in [6.07, 6.45) is 1.76. The van der Waals surface area contributed by atoms with Crippen LogP contribution in [0.2, 0.25) is 0 Å². The van der Waals surface area contributed by atoms with E-state index in [-0.39, 0.29) is 61.9 Å². The molecular weight excluding hydrogens is 868 g/mol. The third kappa shape index (κ3) is 16.5. The fourth-order valence-corrected chi connectivity index (χ4v) is 7.51. The topological polar surface area (TPSA) is 108 Å². The minimum absolute atomic E-state index is 0. The molecule has 7 nitrogen and oxygen atoms in total. The number of aromatic hydroxyl groups is 1. The molecule has 4 aromatic carbocycles. The molecule has 0 radical (unpaired) electrons. The number of nitrogens with one attached hydrogen (secondary N) is 2. The number of aliphatic imine (C=N–C) groups is 1. The second-order valence-electron chi connectivity index (χ2n) is 20.8. The summed E-state index contributed by atoms with van der Waals surface area (Å²) >= 11 is 0. The van der Waals surface area contributed by atoms with Crippen LogP contribution in [0.4, 0.5) is 11.4 Å². The number of aryl methyl sites for hydroxylation is 2. The minimum Gasteiger partial charge on any atom is -0.872 e. The number of benzene rings is 4. The van der Waals surface area contributed by atoms with E-state index in [2.05, 4.69) is 175 Å². The van der Waals surface area contributed by atoms with Gasteiger partial charge in [0.1, 0.15) is 5.75 Å². The largest absolute Gasteiger partial charge is 3.00 e. The van der Waals surface area contributed by atoms with Crippen molar-refractivity contribution in [2.24, 2.45) is 4.99 Å². The number of hydrogen-bond donors (Lipinski definition) is 3. The third-order valence-corrected chi connectivity index (χ3v) is 11.3. The van der Waals surface area contributed by atoms with E-state index in [0.29, 0.717) is 11.3 Å². The fraction of sp³-hybridized carbons (Fsp3) is 0.554. The minimum atomic E-state index is -0.300. The van der Waals surface area contributed by atoms with Gasteiger partial charge in [-0.15, -0.1) is 0 Å². The van der Waals surface area contributed by atoms with Crippen LogP contribution in [0, 0.1) is 13.8 Å². The average Bonchev–Trinajstić information content (AvgIpc) is 3.16. The van der Waals surface area contributed by atoms with Crippen molar-refractivity contribution in [3.05, 3.63) is 116 Å². The van der Waals surface area contributed by atoms with Crippen molar-refractivity contribution in [3.8, 4) is 22.6 Å². The summed E-state index contributed by atoms with van der Waals surface area (Å²) in [5, 5.41) is 41.5. The maximum absolute atomic E-state index is 13.9. The molecule has 2 unspecified atom stereocenters. The van der Waals surface area contributed by atoms with Gasteiger partial charge in [-0.2, -0.15) is 26.2 Å². The van der Waals surface area contributed by atoms with Crippen LogP contribution in [-0.2, 0) is 44.0 Å². The summed E-state index contributed by atoms with van der Waals surface area (Å²) in [6.45, 7) is 47.4. The van der Waals surface area contributed by atoms with Gasteiger partial charge >= 0.3 is 22.4 Å². The number of likely N-dealkylation sites (N-methyl/N-ethyl adjacent to an activating group) is 1. The molecule has 0 aliphatic carbocycles. The Labute approximate surface area is 407 Å². The number of nitrogens with zero attached hydrogens (tertiary/aromatic N) is 3. The Hall–Kier alpha value is -3.43. The zero-order valence-corrected chi connectivity index (χ0v) is 45.9. The molecule has 8 heteroatoms. The molecule has 0 bridgehead atoms. The van der Waals surface area contributed by atoms with E-state index in [9.17, 15) is 10.2 Å². The van der Waals surface area contributed by atoms with Crippen molar-refractivity contribution in [2.45, 2.75) is 172 Å². The second-order valence-corrected chi connectivity index (χ2v) is 20.8. The number of phenolic OH excluding ortho intramolecular Hbond substituents is 1. The van der Waals surface area contributed by atoms with Gasteiger partial charge in [0.25, 0.3) is 0 Å². The van der Waals surface area contributed by atoms with E-state index in [1.54, 1.807) is 6.21 Å². The van der Waals surface area contributed by atoms with Crippen molar-refractivity contribution in [3.63, 3.8) is 0 Å².